The van der Waals surface area contributed by atoms with E-state index < -0.39 is 0 Å². The van der Waals surface area contributed by atoms with Crippen molar-refractivity contribution in [2.24, 2.45) is 0 Å². The number of ketones is 1. The fraction of sp³-hybridized carbons (Fsp3) is 0.267. The number of hydrogen-bond donors (Lipinski definition) is 0. The zero-order valence-electron chi connectivity index (χ0n) is 9.86. The SMILES string of the molecule is O=C(c1cccc(F)c1)C1CCCc2sccc21. The Morgan fingerprint density at radius 1 is 1.33 bits per heavy atom. The zero-order chi connectivity index (χ0) is 12.5. The van der Waals surface area contributed by atoms with E-state index in [0.717, 1.165) is 24.8 Å². The van der Waals surface area contributed by atoms with Gasteiger partial charge in [-0.15, -0.1) is 11.3 Å². The van der Waals surface area contributed by atoms with E-state index >= 15 is 0 Å². The van der Waals surface area contributed by atoms with Gasteiger partial charge in [-0.25, -0.2) is 4.39 Å². The van der Waals surface area contributed by atoms with E-state index in [1.807, 2.05) is 11.4 Å². The lowest BCUT2D eigenvalue weighted by Gasteiger charge is -2.21. The third-order valence-corrected chi connectivity index (χ3v) is 4.47. The Hall–Kier alpha value is -1.48. The highest BCUT2D eigenvalue weighted by Crippen LogP contribution is 2.36. The van der Waals surface area contributed by atoms with Crippen molar-refractivity contribution in [2.45, 2.75) is 25.2 Å². The van der Waals surface area contributed by atoms with E-state index in [0.29, 0.717) is 5.56 Å². The first-order chi connectivity index (χ1) is 8.75. The quantitative estimate of drug-likeness (QED) is 0.740. The first kappa shape index (κ1) is 11.6. The minimum atomic E-state index is -0.345. The van der Waals surface area contributed by atoms with E-state index in [-0.39, 0.29) is 17.5 Å². The van der Waals surface area contributed by atoms with Gasteiger partial charge >= 0.3 is 0 Å². The summed E-state index contributed by atoms with van der Waals surface area (Å²) < 4.78 is 13.2. The number of rotatable bonds is 2. The average Bonchev–Trinajstić information content (AvgIpc) is 2.86. The molecule has 1 heterocycles. The first-order valence-corrected chi connectivity index (χ1v) is 7.00. The van der Waals surface area contributed by atoms with Crippen LogP contribution in [0.1, 0.15) is 39.6 Å². The van der Waals surface area contributed by atoms with Gasteiger partial charge in [-0.05, 0) is 48.4 Å². The van der Waals surface area contributed by atoms with Gasteiger partial charge in [0.25, 0.3) is 0 Å². The van der Waals surface area contributed by atoms with Gasteiger partial charge in [-0.1, -0.05) is 12.1 Å². The summed E-state index contributed by atoms with van der Waals surface area (Å²) in [6, 6.07) is 8.05. The van der Waals surface area contributed by atoms with E-state index in [9.17, 15) is 9.18 Å². The summed E-state index contributed by atoms with van der Waals surface area (Å²) in [6.45, 7) is 0. The molecule has 2 aromatic rings. The summed E-state index contributed by atoms with van der Waals surface area (Å²) in [5, 5.41) is 2.04. The Morgan fingerprint density at radius 2 is 2.22 bits per heavy atom. The second-order valence-electron chi connectivity index (χ2n) is 4.62. The molecule has 0 saturated heterocycles. The van der Waals surface area contributed by atoms with Crippen LogP contribution in [-0.4, -0.2) is 5.78 Å². The first-order valence-electron chi connectivity index (χ1n) is 6.12. The molecule has 1 unspecified atom stereocenters. The van der Waals surface area contributed by atoms with Gasteiger partial charge in [0.05, 0.1) is 0 Å². The fourth-order valence-electron chi connectivity index (χ4n) is 2.60. The van der Waals surface area contributed by atoms with Crippen LogP contribution in [0.15, 0.2) is 35.7 Å². The Balaban J connectivity index is 1.95. The Bertz CT molecular complexity index is 588. The number of Topliss-reactive ketones (excluding diaryl/α,β-unsaturated/α-hetero) is 1. The summed E-state index contributed by atoms with van der Waals surface area (Å²) >= 11 is 1.72. The molecule has 1 aromatic heterocycles. The third-order valence-electron chi connectivity index (χ3n) is 3.48. The van der Waals surface area contributed by atoms with Gasteiger partial charge in [0.2, 0.25) is 0 Å². The minimum Gasteiger partial charge on any atom is -0.293 e. The maximum absolute atomic E-state index is 13.2. The molecular weight excluding hydrogens is 247 g/mol. The molecule has 0 fully saturated rings. The van der Waals surface area contributed by atoms with Crippen molar-refractivity contribution >= 4 is 17.1 Å². The highest BCUT2D eigenvalue weighted by molar-refractivity contribution is 7.10. The number of carbonyl (C=O) groups is 1. The van der Waals surface area contributed by atoms with Gasteiger partial charge in [0.15, 0.2) is 5.78 Å². The molecule has 0 radical (unpaired) electrons. The van der Waals surface area contributed by atoms with Crippen molar-refractivity contribution < 1.29 is 9.18 Å². The molecule has 0 aliphatic heterocycles. The summed E-state index contributed by atoms with van der Waals surface area (Å²) in [5.41, 5.74) is 1.64. The van der Waals surface area contributed by atoms with Crippen molar-refractivity contribution in [3.63, 3.8) is 0 Å². The molecule has 1 atom stereocenters. The summed E-state index contributed by atoms with van der Waals surface area (Å²) in [7, 11) is 0. The van der Waals surface area contributed by atoms with Crippen LogP contribution in [0, 0.1) is 5.82 Å². The van der Waals surface area contributed by atoms with Crippen LogP contribution in [0.2, 0.25) is 0 Å². The van der Waals surface area contributed by atoms with E-state index in [2.05, 4.69) is 0 Å². The average molecular weight is 260 g/mol. The number of benzene rings is 1. The van der Waals surface area contributed by atoms with E-state index in [1.54, 1.807) is 23.5 Å². The lowest BCUT2D eigenvalue weighted by atomic mass is 9.82. The molecule has 1 aromatic carbocycles. The van der Waals surface area contributed by atoms with Gasteiger partial charge in [0, 0.05) is 16.4 Å². The van der Waals surface area contributed by atoms with Crippen LogP contribution < -0.4 is 0 Å². The normalized spacial score (nSPS) is 18.4. The highest BCUT2D eigenvalue weighted by Gasteiger charge is 2.28. The van der Waals surface area contributed by atoms with E-state index in [4.69, 9.17) is 0 Å². The smallest absolute Gasteiger partial charge is 0.170 e. The standard InChI is InChI=1S/C15H13FOS/c16-11-4-1-3-10(9-11)15(17)13-5-2-6-14-12(13)7-8-18-14/h1,3-4,7-9,13H,2,5-6H2. The second-order valence-corrected chi connectivity index (χ2v) is 5.62. The predicted octanol–water partition coefficient (Wildman–Crippen LogP) is 4.19. The molecule has 0 spiro atoms. The Labute approximate surface area is 109 Å². The lowest BCUT2D eigenvalue weighted by Crippen LogP contribution is -2.17. The van der Waals surface area contributed by atoms with Crippen molar-refractivity contribution in [3.05, 3.63) is 57.5 Å². The van der Waals surface area contributed by atoms with Crippen molar-refractivity contribution in [1.29, 1.82) is 0 Å². The van der Waals surface area contributed by atoms with Crippen LogP contribution >= 0.6 is 11.3 Å². The largest absolute Gasteiger partial charge is 0.293 e. The summed E-state index contributed by atoms with van der Waals surface area (Å²) in [5.74, 6) is -0.377. The summed E-state index contributed by atoms with van der Waals surface area (Å²) in [6.07, 6.45) is 2.98. The number of fused-ring (bicyclic) bond motifs is 1. The molecular formula is C15H13FOS. The van der Waals surface area contributed by atoms with Crippen LogP contribution in [0.5, 0.6) is 0 Å². The number of thiophene rings is 1. The maximum Gasteiger partial charge on any atom is 0.170 e. The Kier molecular flexibility index (Phi) is 3.00. The van der Waals surface area contributed by atoms with Crippen LogP contribution in [0.4, 0.5) is 4.39 Å². The topological polar surface area (TPSA) is 17.1 Å². The zero-order valence-corrected chi connectivity index (χ0v) is 10.7. The summed E-state index contributed by atoms with van der Waals surface area (Å²) in [4.78, 5) is 13.8. The van der Waals surface area contributed by atoms with Crippen molar-refractivity contribution in [3.8, 4) is 0 Å². The molecule has 0 N–H and O–H groups in total. The molecule has 0 amide bonds. The van der Waals surface area contributed by atoms with Gasteiger partial charge < -0.3 is 0 Å². The monoisotopic (exact) mass is 260 g/mol. The van der Waals surface area contributed by atoms with Crippen LogP contribution in [0.3, 0.4) is 0 Å². The molecule has 3 heteroatoms. The third kappa shape index (κ3) is 1.99. The number of halogens is 1. The number of hydrogen-bond acceptors (Lipinski definition) is 2. The minimum absolute atomic E-state index is 0.0499. The molecule has 0 saturated carbocycles. The molecule has 3 rings (SSSR count). The maximum atomic E-state index is 13.2. The molecule has 0 bridgehead atoms. The highest BCUT2D eigenvalue weighted by atomic mass is 32.1. The number of aryl methyl sites for hydroxylation is 1. The number of carbonyl (C=O) groups excluding carboxylic acids is 1. The van der Waals surface area contributed by atoms with Gasteiger partial charge in [0.1, 0.15) is 5.82 Å². The van der Waals surface area contributed by atoms with Gasteiger partial charge in [-0.2, -0.15) is 0 Å². The second kappa shape index (κ2) is 4.65. The predicted molar refractivity (Wildman–Crippen MR) is 70.7 cm³/mol. The fourth-order valence-corrected chi connectivity index (χ4v) is 3.59. The van der Waals surface area contributed by atoms with E-state index in [1.165, 1.54) is 17.0 Å². The van der Waals surface area contributed by atoms with Crippen LogP contribution in [-0.2, 0) is 6.42 Å². The molecule has 1 aliphatic rings. The molecule has 1 nitrogen and oxygen atoms in total. The lowest BCUT2D eigenvalue weighted by molar-refractivity contribution is 0.0951. The van der Waals surface area contributed by atoms with Crippen molar-refractivity contribution in [2.75, 3.05) is 0 Å². The molecule has 1 aliphatic carbocycles. The van der Waals surface area contributed by atoms with Crippen LogP contribution in [0.25, 0.3) is 0 Å². The Morgan fingerprint density at radius 3 is 3.06 bits per heavy atom. The van der Waals surface area contributed by atoms with Crippen molar-refractivity contribution in [1.82, 2.24) is 0 Å². The molecule has 18 heavy (non-hydrogen) atoms. The van der Waals surface area contributed by atoms with Gasteiger partial charge in [-0.3, -0.25) is 4.79 Å². The molecule has 92 valence electrons.